The summed E-state index contributed by atoms with van der Waals surface area (Å²) in [5.74, 6) is -0.676. The molecule has 0 spiro atoms. The van der Waals surface area contributed by atoms with E-state index in [0.29, 0.717) is 10.8 Å². The minimum atomic E-state index is -0.979. The lowest BCUT2D eigenvalue weighted by molar-refractivity contribution is -0.147. The van der Waals surface area contributed by atoms with Crippen molar-refractivity contribution < 1.29 is 14.6 Å². The molecule has 0 heterocycles. The minimum Gasteiger partial charge on any atom is -0.478 e. The molecule has 1 N–H and O–H groups in total. The van der Waals surface area contributed by atoms with Gasteiger partial charge >= 0.3 is 5.97 Å². The second-order valence-corrected chi connectivity index (χ2v) is 4.39. The number of carboxylic acid groups (broad SMARTS) is 1. The average molecular weight is 243 g/mol. The van der Waals surface area contributed by atoms with Gasteiger partial charge in [-0.25, -0.2) is 4.79 Å². The third-order valence-electron chi connectivity index (χ3n) is 2.26. The monoisotopic (exact) mass is 242 g/mol. The van der Waals surface area contributed by atoms with E-state index in [1.165, 1.54) is 0 Å². The number of rotatable bonds is 4. The maximum Gasteiger partial charge on any atom is 0.345 e. The van der Waals surface area contributed by atoms with Crippen LogP contribution in [0.1, 0.15) is 19.4 Å². The molecule has 0 bridgehead atoms. The molecule has 4 heteroatoms. The zero-order chi connectivity index (χ0) is 12.3. The first-order valence-electron chi connectivity index (χ1n) is 5.08. The van der Waals surface area contributed by atoms with E-state index in [2.05, 4.69) is 0 Å². The summed E-state index contributed by atoms with van der Waals surface area (Å²) in [7, 11) is 0. The number of halogens is 1. The molecule has 0 saturated heterocycles. The Morgan fingerprint density at radius 2 is 2.06 bits per heavy atom. The first kappa shape index (κ1) is 12.8. The normalized spacial score (nSPS) is 12.6. The van der Waals surface area contributed by atoms with Gasteiger partial charge in [0.15, 0.2) is 6.10 Å². The van der Waals surface area contributed by atoms with Crippen molar-refractivity contribution in [2.24, 2.45) is 5.92 Å². The van der Waals surface area contributed by atoms with Gasteiger partial charge in [-0.05, 0) is 18.6 Å². The first-order chi connectivity index (χ1) is 7.43. The highest BCUT2D eigenvalue weighted by atomic mass is 35.5. The summed E-state index contributed by atoms with van der Waals surface area (Å²) in [5.41, 5.74) is 0.868. The van der Waals surface area contributed by atoms with Crippen molar-refractivity contribution in [2.75, 3.05) is 0 Å². The van der Waals surface area contributed by atoms with Crippen molar-refractivity contribution in [2.45, 2.75) is 26.9 Å². The molecular weight excluding hydrogens is 228 g/mol. The van der Waals surface area contributed by atoms with Crippen molar-refractivity contribution in [1.82, 2.24) is 0 Å². The van der Waals surface area contributed by atoms with Gasteiger partial charge in [-0.1, -0.05) is 37.6 Å². The van der Waals surface area contributed by atoms with E-state index in [-0.39, 0.29) is 5.92 Å². The fourth-order valence-electron chi connectivity index (χ4n) is 1.32. The van der Waals surface area contributed by atoms with Crippen LogP contribution in [0.4, 0.5) is 0 Å². The number of carboxylic acids is 1. The topological polar surface area (TPSA) is 46.5 Å². The summed E-state index contributed by atoms with van der Waals surface area (Å²) in [4.78, 5) is 11.0. The van der Waals surface area contributed by atoms with Crippen LogP contribution in [0.15, 0.2) is 18.2 Å². The van der Waals surface area contributed by atoms with E-state index < -0.39 is 12.1 Å². The van der Waals surface area contributed by atoms with Crippen LogP contribution in [0.2, 0.25) is 5.02 Å². The molecule has 0 aliphatic heterocycles. The third-order valence-corrected chi connectivity index (χ3v) is 2.74. The lowest BCUT2D eigenvalue weighted by atomic mass is 10.1. The molecule has 0 aliphatic carbocycles. The maximum absolute atomic E-state index is 11.0. The fourth-order valence-corrected chi connectivity index (χ4v) is 1.49. The fraction of sp³-hybridized carbons (Fsp3) is 0.417. The zero-order valence-corrected chi connectivity index (χ0v) is 10.3. The largest absolute Gasteiger partial charge is 0.478 e. The molecule has 1 rings (SSSR count). The summed E-state index contributed by atoms with van der Waals surface area (Å²) in [6, 6.07) is 5.31. The smallest absolute Gasteiger partial charge is 0.345 e. The molecule has 1 atom stereocenters. The Kier molecular flexibility index (Phi) is 4.19. The lowest BCUT2D eigenvalue weighted by Crippen LogP contribution is -2.32. The van der Waals surface area contributed by atoms with Gasteiger partial charge in [0.05, 0.1) is 5.02 Å². The van der Waals surface area contributed by atoms with Gasteiger partial charge in [-0.2, -0.15) is 0 Å². The zero-order valence-electron chi connectivity index (χ0n) is 9.53. The molecule has 1 unspecified atom stereocenters. The Balaban J connectivity index is 2.94. The number of aryl methyl sites for hydroxylation is 1. The molecular formula is C12H15ClO3. The highest BCUT2D eigenvalue weighted by Gasteiger charge is 2.24. The van der Waals surface area contributed by atoms with E-state index in [1.807, 2.05) is 13.0 Å². The highest BCUT2D eigenvalue weighted by molar-refractivity contribution is 6.32. The van der Waals surface area contributed by atoms with Crippen LogP contribution in [0.3, 0.4) is 0 Å². The number of carbonyl (C=O) groups is 1. The molecule has 0 aromatic heterocycles. The molecule has 0 aliphatic rings. The number of hydrogen-bond donors (Lipinski definition) is 1. The summed E-state index contributed by atoms with van der Waals surface area (Å²) in [5, 5.41) is 9.46. The van der Waals surface area contributed by atoms with Gasteiger partial charge < -0.3 is 9.84 Å². The summed E-state index contributed by atoms with van der Waals surface area (Å²) >= 11 is 6.03. The number of hydrogen-bond acceptors (Lipinski definition) is 2. The van der Waals surface area contributed by atoms with Crippen LogP contribution < -0.4 is 4.74 Å². The van der Waals surface area contributed by atoms with Crippen LogP contribution in [0.25, 0.3) is 0 Å². The Morgan fingerprint density at radius 1 is 1.44 bits per heavy atom. The average Bonchev–Trinajstić information content (AvgIpc) is 2.19. The Hall–Kier alpha value is -1.22. The van der Waals surface area contributed by atoms with Gasteiger partial charge in [-0.3, -0.25) is 0 Å². The van der Waals surface area contributed by atoms with Crippen LogP contribution in [-0.2, 0) is 4.79 Å². The predicted octanol–water partition coefficient (Wildman–Crippen LogP) is 3.14. The second kappa shape index (κ2) is 5.21. The number of ether oxygens (including phenoxy) is 1. The van der Waals surface area contributed by atoms with Crippen molar-refractivity contribution in [3.05, 3.63) is 28.8 Å². The van der Waals surface area contributed by atoms with Gasteiger partial charge in [0.1, 0.15) is 5.75 Å². The number of benzene rings is 1. The molecule has 1 aromatic rings. The van der Waals surface area contributed by atoms with Crippen molar-refractivity contribution >= 4 is 17.6 Å². The summed E-state index contributed by atoms with van der Waals surface area (Å²) in [6.07, 6.45) is -0.876. The van der Waals surface area contributed by atoms with E-state index in [9.17, 15) is 4.79 Å². The molecule has 0 amide bonds. The molecule has 0 fully saturated rings. The van der Waals surface area contributed by atoms with Crippen molar-refractivity contribution in [1.29, 1.82) is 0 Å². The van der Waals surface area contributed by atoms with Crippen LogP contribution in [0.5, 0.6) is 5.75 Å². The maximum atomic E-state index is 11.0. The van der Waals surface area contributed by atoms with Crippen molar-refractivity contribution in [3.63, 3.8) is 0 Å². The van der Waals surface area contributed by atoms with Gasteiger partial charge in [0.25, 0.3) is 0 Å². The predicted molar refractivity (Wildman–Crippen MR) is 63.1 cm³/mol. The second-order valence-electron chi connectivity index (χ2n) is 4.01. The molecule has 88 valence electrons. The standard InChI is InChI=1S/C12H15ClO3/c1-7(2)11(12(14)15)16-9-6-4-5-8(3)10(9)13/h4-7,11H,1-3H3,(H,14,15). The highest BCUT2D eigenvalue weighted by Crippen LogP contribution is 2.29. The van der Waals surface area contributed by atoms with E-state index >= 15 is 0 Å². The molecule has 3 nitrogen and oxygen atoms in total. The lowest BCUT2D eigenvalue weighted by Gasteiger charge is -2.19. The van der Waals surface area contributed by atoms with Gasteiger partial charge in [-0.15, -0.1) is 0 Å². The van der Waals surface area contributed by atoms with Crippen LogP contribution in [-0.4, -0.2) is 17.2 Å². The Labute approximate surface area is 100.0 Å². The SMILES string of the molecule is Cc1cccc(OC(C(=O)O)C(C)C)c1Cl. The van der Waals surface area contributed by atoms with E-state index in [4.69, 9.17) is 21.4 Å². The molecule has 0 saturated carbocycles. The Bertz CT molecular complexity index is 388. The van der Waals surface area contributed by atoms with E-state index in [1.54, 1.807) is 26.0 Å². The first-order valence-corrected chi connectivity index (χ1v) is 5.46. The quantitative estimate of drug-likeness (QED) is 0.882. The van der Waals surface area contributed by atoms with Gasteiger partial charge in [0, 0.05) is 5.92 Å². The molecule has 16 heavy (non-hydrogen) atoms. The van der Waals surface area contributed by atoms with E-state index in [0.717, 1.165) is 5.56 Å². The van der Waals surface area contributed by atoms with Gasteiger partial charge in [0.2, 0.25) is 0 Å². The summed E-state index contributed by atoms with van der Waals surface area (Å²) < 4.78 is 5.42. The number of aliphatic carboxylic acids is 1. The molecule has 0 radical (unpaired) electrons. The third kappa shape index (κ3) is 2.89. The Morgan fingerprint density at radius 3 is 2.56 bits per heavy atom. The summed E-state index contributed by atoms with van der Waals surface area (Å²) in [6.45, 7) is 5.44. The van der Waals surface area contributed by atoms with Crippen molar-refractivity contribution in [3.8, 4) is 5.75 Å². The minimum absolute atomic E-state index is 0.117. The molecule has 1 aromatic carbocycles. The van der Waals surface area contributed by atoms with Crippen LogP contribution in [0, 0.1) is 12.8 Å². The van der Waals surface area contributed by atoms with Crippen LogP contribution >= 0.6 is 11.6 Å².